The lowest BCUT2D eigenvalue weighted by Gasteiger charge is -2.37. The average Bonchev–Trinajstić information content (AvgIpc) is 3.21. The van der Waals surface area contributed by atoms with Gasteiger partial charge in [0.25, 0.3) is 11.6 Å². The number of ether oxygens (including phenoxy) is 1. The van der Waals surface area contributed by atoms with Crippen LogP contribution in [0.1, 0.15) is 12.8 Å². The zero-order chi connectivity index (χ0) is 18.1. The highest BCUT2D eigenvalue weighted by Crippen LogP contribution is 2.33. The molecule has 0 aliphatic carbocycles. The van der Waals surface area contributed by atoms with Crippen molar-refractivity contribution in [3.05, 3.63) is 40.7 Å². The van der Waals surface area contributed by atoms with Crippen LogP contribution < -0.4 is 4.90 Å². The van der Waals surface area contributed by atoms with E-state index in [1.807, 2.05) is 11.0 Å². The smallest absolute Gasteiger partial charge is 0.278 e. The molecule has 2 fully saturated rings. The van der Waals surface area contributed by atoms with E-state index >= 15 is 0 Å². The predicted octanol–water partition coefficient (Wildman–Crippen LogP) is 1.97. The summed E-state index contributed by atoms with van der Waals surface area (Å²) in [5.74, 6) is 0.0832. The number of carbonyl (C=O) groups excluding carboxylic acids is 1. The Labute approximate surface area is 150 Å². The van der Waals surface area contributed by atoms with Crippen molar-refractivity contribution >= 4 is 28.1 Å². The molecule has 2 aliphatic rings. The topological polar surface area (TPSA) is 88.8 Å². The van der Waals surface area contributed by atoms with Gasteiger partial charge in [0, 0.05) is 62.3 Å². The van der Waals surface area contributed by atoms with Crippen molar-refractivity contribution in [3.63, 3.8) is 0 Å². The molecule has 4 rings (SSSR count). The number of amides is 1. The lowest BCUT2D eigenvalue weighted by Crippen LogP contribution is -2.51. The van der Waals surface area contributed by atoms with Crippen LogP contribution in [0.5, 0.6) is 0 Å². The Balaban J connectivity index is 1.54. The standard InChI is InChI=1S/C18H20N4O4/c23-18(17-2-1-11-26-17)21-9-7-20(8-10-21)15-3-4-16(22(24)25)14-12-19-6-5-13(14)15/h3-6,12,17H,1-2,7-11H2/t17-/m0/s1. The lowest BCUT2D eigenvalue weighted by molar-refractivity contribution is -0.383. The minimum absolute atomic E-state index is 0.0593. The second-order valence-corrected chi connectivity index (χ2v) is 6.60. The number of anilines is 1. The highest BCUT2D eigenvalue weighted by Gasteiger charge is 2.30. The first kappa shape index (κ1) is 16.7. The molecule has 0 bridgehead atoms. The minimum atomic E-state index is -0.383. The highest BCUT2D eigenvalue weighted by atomic mass is 16.6. The van der Waals surface area contributed by atoms with Crippen molar-refractivity contribution in [2.45, 2.75) is 18.9 Å². The fraction of sp³-hybridized carbons (Fsp3) is 0.444. The number of nitro benzene ring substituents is 1. The van der Waals surface area contributed by atoms with Crippen molar-refractivity contribution < 1.29 is 14.5 Å². The summed E-state index contributed by atoms with van der Waals surface area (Å²) in [6.45, 7) is 3.30. The molecular weight excluding hydrogens is 336 g/mol. The number of benzene rings is 1. The van der Waals surface area contributed by atoms with E-state index in [4.69, 9.17) is 4.74 Å². The monoisotopic (exact) mass is 356 g/mol. The summed E-state index contributed by atoms with van der Waals surface area (Å²) in [4.78, 5) is 31.4. The summed E-state index contributed by atoms with van der Waals surface area (Å²) in [6, 6.07) is 5.13. The molecular formula is C18H20N4O4. The molecule has 0 spiro atoms. The number of carbonyl (C=O) groups is 1. The van der Waals surface area contributed by atoms with Crippen LogP contribution in [0.15, 0.2) is 30.6 Å². The Morgan fingerprint density at radius 1 is 1.19 bits per heavy atom. The van der Waals surface area contributed by atoms with Gasteiger partial charge in [-0.3, -0.25) is 19.9 Å². The second-order valence-electron chi connectivity index (χ2n) is 6.60. The van der Waals surface area contributed by atoms with Gasteiger partial charge >= 0.3 is 0 Å². The number of hydrogen-bond acceptors (Lipinski definition) is 6. The molecule has 0 N–H and O–H groups in total. The number of rotatable bonds is 3. The van der Waals surface area contributed by atoms with E-state index in [0.717, 1.165) is 23.9 Å². The summed E-state index contributed by atoms with van der Waals surface area (Å²) in [5, 5.41) is 12.6. The number of pyridine rings is 1. The number of non-ortho nitro benzene ring substituents is 1. The summed E-state index contributed by atoms with van der Waals surface area (Å²) in [6.07, 6.45) is 4.65. The fourth-order valence-electron chi connectivity index (χ4n) is 3.74. The first-order chi connectivity index (χ1) is 12.6. The first-order valence-corrected chi connectivity index (χ1v) is 8.81. The van der Waals surface area contributed by atoms with Gasteiger partial charge in [-0.15, -0.1) is 0 Å². The Morgan fingerprint density at radius 2 is 2.00 bits per heavy atom. The molecule has 0 saturated carbocycles. The van der Waals surface area contributed by atoms with Crippen LogP contribution in [-0.2, 0) is 9.53 Å². The normalized spacial score (nSPS) is 20.5. The molecule has 26 heavy (non-hydrogen) atoms. The van der Waals surface area contributed by atoms with Crippen LogP contribution in [0, 0.1) is 10.1 Å². The maximum atomic E-state index is 12.5. The minimum Gasteiger partial charge on any atom is -0.368 e. The molecule has 136 valence electrons. The third-order valence-electron chi connectivity index (χ3n) is 5.11. The quantitative estimate of drug-likeness (QED) is 0.617. The van der Waals surface area contributed by atoms with E-state index in [1.165, 1.54) is 12.3 Å². The van der Waals surface area contributed by atoms with Crippen LogP contribution in [0.3, 0.4) is 0 Å². The largest absolute Gasteiger partial charge is 0.368 e. The van der Waals surface area contributed by atoms with E-state index in [0.29, 0.717) is 38.2 Å². The van der Waals surface area contributed by atoms with E-state index < -0.39 is 0 Å². The van der Waals surface area contributed by atoms with Gasteiger partial charge in [0.2, 0.25) is 0 Å². The summed E-state index contributed by atoms with van der Waals surface area (Å²) in [7, 11) is 0. The molecule has 2 saturated heterocycles. The molecule has 1 aromatic carbocycles. The van der Waals surface area contributed by atoms with Gasteiger partial charge in [-0.05, 0) is 25.0 Å². The Morgan fingerprint density at radius 3 is 2.69 bits per heavy atom. The zero-order valence-electron chi connectivity index (χ0n) is 14.3. The van der Waals surface area contributed by atoms with Gasteiger partial charge in [0.1, 0.15) is 6.10 Å². The van der Waals surface area contributed by atoms with Gasteiger partial charge in [0.15, 0.2) is 0 Å². The molecule has 3 heterocycles. The number of nitro groups is 1. The molecule has 0 unspecified atom stereocenters. The van der Waals surface area contributed by atoms with Crippen molar-refractivity contribution in [2.24, 2.45) is 0 Å². The SMILES string of the molecule is O=C([C@@H]1CCCO1)N1CCN(c2ccc([N+](=O)[O-])c3cnccc23)CC1. The highest BCUT2D eigenvalue weighted by molar-refractivity contribution is 5.99. The predicted molar refractivity (Wildman–Crippen MR) is 96.2 cm³/mol. The number of piperazine rings is 1. The van der Waals surface area contributed by atoms with Crippen LogP contribution in [-0.4, -0.2) is 59.6 Å². The third kappa shape index (κ3) is 2.96. The van der Waals surface area contributed by atoms with E-state index in [-0.39, 0.29) is 22.6 Å². The van der Waals surface area contributed by atoms with Gasteiger partial charge in [-0.25, -0.2) is 0 Å². The van der Waals surface area contributed by atoms with Crippen LogP contribution in [0.25, 0.3) is 10.8 Å². The zero-order valence-corrected chi connectivity index (χ0v) is 14.3. The van der Waals surface area contributed by atoms with Gasteiger partial charge in [-0.1, -0.05) is 0 Å². The Hall–Kier alpha value is -2.74. The maximum absolute atomic E-state index is 12.5. The van der Waals surface area contributed by atoms with Crippen LogP contribution in [0.2, 0.25) is 0 Å². The molecule has 1 aromatic heterocycles. The lowest BCUT2D eigenvalue weighted by atomic mass is 10.1. The second kappa shape index (κ2) is 6.87. The van der Waals surface area contributed by atoms with Crippen molar-refractivity contribution in [3.8, 4) is 0 Å². The third-order valence-corrected chi connectivity index (χ3v) is 5.11. The Kier molecular flexibility index (Phi) is 4.42. The fourth-order valence-corrected chi connectivity index (χ4v) is 3.74. The van der Waals surface area contributed by atoms with Crippen LogP contribution in [0.4, 0.5) is 11.4 Å². The van der Waals surface area contributed by atoms with E-state index in [1.54, 1.807) is 12.3 Å². The van der Waals surface area contributed by atoms with Crippen molar-refractivity contribution in [1.82, 2.24) is 9.88 Å². The van der Waals surface area contributed by atoms with Gasteiger partial charge < -0.3 is 14.5 Å². The van der Waals surface area contributed by atoms with E-state index in [9.17, 15) is 14.9 Å². The molecule has 1 amide bonds. The molecule has 8 heteroatoms. The Bertz CT molecular complexity index is 842. The maximum Gasteiger partial charge on any atom is 0.278 e. The number of fused-ring (bicyclic) bond motifs is 1. The molecule has 1 atom stereocenters. The first-order valence-electron chi connectivity index (χ1n) is 8.81. The van der Waals surface area contributed by atoms with Crippen molar-refractivity contribution in [2.75, 3.05) is 37.7 Å². The molecule has 2 aromatic rings. The summed E-state index contributed by atoms with van der Waals surface area (Å²) < 4.78 is 5.50. The molecule has 2 aliphatic heterocycles. The summed E-state index contributed by atoms with van der Waals surface area (Å²) in [5.41, 5.74) is 1.00. The number of aromatic nitrogens is 1. The van der Waals surface area contributed by atoms with Gasteiger partial charge in [0.05, 0.1) is 10.3 Å². The number of nitrogens with zero attached hydrogens (tertiary/aromatic N) is 4. The molecule has 0 radical (unpaired) electrons. The van der Waals surface area contributed by atoms with Gasteiger partial charge in [-0.2, -0.15) is 0 Å². The molecule has 8 nitrogen and oxygen atoms in total. The van der Waals surface area contributed by atoms with Crippen molar-refractivity contribution in [1.29, 1.82) is 0 Å². The number of hydrogen-bond donors (Lipinski definition) is 0. The van der Waals surface area contributed by atoms with Crippen LogP contribution >= 0.6 is 0 Å². The van der Waals surface area contributed by atoms with E-state index in [2.05, 4.69) is 9.88 Å². The average molecular weight is 356 g/mol. The summed E-state index contributed by atoms with van der Waals surface area (Å²) >= 11 is 0.